The Morgan fingerprint density at radius 2 is 2.20 bits per heavy atom. The maximum atomic E-state index is 14.0. The summed E-state index contributed by atoms with van der Waals surface area (Å²) in [6.45, 7) is 5.42. The van der Waals surface area contributed by atoms with E-state index in [0.717, 1.165) is 0 Å². The van der Waals surface area contributed by atoms with Crippen molar-refractivity contribution < 1.29 is 18.7 Å². The summed E-state index contributed by atoms with van der Waals surface area (Å²) >= 11 is 0. The molecule has 0 bridgehead atoms. The van der Waals surface area contributed by atoms with Crippen LogP contribution in [0.1, 0.15) is 37.2 Å². The molecule has 6 nitrogen and oxygen atoms in total. The number of carbonyl (C=O) groups excluding carboxylic acids is 2. The van der Waals surface area contributed by atoms with Crippen molar-refractivity contribution in [1.29, 1.82) is 0 Å². The first-order valence-electron chi connectivity index (χ1n) is 6.41. The number of ether oxygens (including phenoxy) is 1. The second-order valence-electron chi connectivity index (χ2n) is 5.84. The standard InChI is InChI=1S/C13H18FN3O3/c1-13(2,3)20-12(19)16-6-10(14)11(7-16)17-5-9(8-18)4-15-17/h4-5,8,10-11H,6-7H2,1-3H3. The van der Waals surface area contributed by atoms with Gasteiger partial charge in [-0.2, -0.15) is 5.10 Å². The van der Waals surface area contributed by atoms with Gasteiger partial charge < -0.3 is 9.64 Å². The van der Waals surface area contributed by atoms with Crippen LogP contribution in [0.5, 0.6) is 0 Å². The average molecular weight is 283 g/mol. The molecule has 1 aromatic heterocycles. The van der Waals surface area contributed by atoms with Crippen LogP contribution in [0.4, 0.5) is 9.18 Å². The molecule has 1 aliphatic rings. The predicted molar refractivity (Wildman–Crippen MR) is 69.4 cm³/mol. The molecule has 2 heterocycles. The molecule has 2 unspecified atom stereocenters. The summed E-state index contributed by atoms with van der Waals surface area (Å²) in [5.41, 5.74) is -0.231. The largest absolute Gasteiger partial charge is 0.444 e. The van der Waals surface area contributed by atoms with Crippen LogP contribution in [-0.2, 0) is 4.74 Å². The fourth-order valence-electron chi connectivity index (χ4n) is 2.07. The van der Waals surface area contributed by atoms with E-state index in [2.05, 4.69) is 5.10 Å². The van der Waals surface area contributed by atoms with Gasteiger partial charge >= 0.3 is 6.09 Å². The molecule has 7 heteroatoms. The molecule has 110 valence electrons. The minimum atomic E-state index is -1.23. The maximum absolute atomic E-state index is 14.0. The molecule has 1 aliphatic heterocycles. The summed E-state index contributed by atoms with van der Waals surface area (Å²) in [4.78, 5) is 23.8. The highest BCUT2D eigenvalue weighted by atomic mass is 19.1. The number of likely N-dealkylation sites (tertiary alicyclic amines) is 1. The van der Waals surface area contributed by atoms with Gasteiger partial charge in [0.1, 0.15) is 17.8 Å². The Bertz CT molecular complexity index is 509. The van der Waals surface area contributed by atoms with Crippen molar-refractivity contribution in [2.75, 3.05) is 13.1 Å². The number of nitrogens with zero attached hydrogens (tertiary/aromatic N) is 3. The number of hydrogen-bond acceptors (Lipinski definition) is 4. The first-order valence-corrected chi connectivity index (χ1v) is 6.41. The van der Waals surface area contributed by atoms with E-state index in [0.29, 0.717) is 11.8 Å². The molecule has 1 aromatic rings. The van der Waals surface area contributed by atoms with Gasteiger partial charge in [-0.25, -0.2) is 9.18 Å². The van der Waals surface area contributed by atoms with Crippen LogP contribution in [-0.4, -0.2) is 51.9 Å². The number of amides is 1. The first-order chi connectivity index (χ1) is 9.30. The van der Waals surface area contributed by atoms with E-state index in [4.69, 9.17) is 4.74 Å². The highest BCUT2D eigenvalue weighted by molar-refractivity contribution is 5.73. The van der Waals surface area contributed by atoms with E-state index < -0.39 is 23.9 Å². The molecule has 0 radical (unpaired) electrons. The highest BCUT2D eigenvalue weighted by Crippen LogP contribution is 2.26. The molecule has 0 saturated carbocycles. The quantitative estimate of drug-likeness (QED) is 0.777. The Hall–Kier alpha value is -1.92. The zero-order valence-corrected chi connectivity index (χ0v) is 11.7. The predicted octanol–water partition coefficient (Wildman–Crippen LogP) is 1.83. The molecule has 0 N–H and O–H groups in total. The van der Waals surface area contributed by atoms with E-state index in [1.807, 2.05) is 0 Å². The van der Waals surface area contributed by atoms with Crippen molar-refractivity contribution in [2.45, 2.75) is 38.6 Å². The lowest BCUT2D eigenvalue weighted by atomic mass is 10.2. The number of halogens is 1. The van der Waals surface area contributed by atoms with Crippen LogP contribution in [0.3, 0.4) is 0 Å². The Morgan fingerprint density at radius 3 is 2.75 bits per heavy atom. The molecule has 1 amide bonds. The van der Waals surface area contributed by atoms with Gasteiger partial charge in [0, 0.05) is 12.7 Å². The summed E-state index contributed by atoms with van der Waals surface area (Å²) in [6.07, 6.45) is 1.73. The Kier molecular flexibility index (Phi) is 3.78. The first kappa shape index (κ1) is 14.5. The van der Waals surface area contributed by atoms with Gasteiger partial charge in [0.2, 0.25) is 0 Å². The molecule has 20 heavy (non-hydrogen) atoms. The van der Waals surface area contributed by atoms with Crippen molar-refractivity contribution in [3.63, 3.8) is 0 Å². The third-order valence-corrected chi connectivity index (χ3v) is 2.97. The monoisotopic (exact) mass is 283 g/mol. The summed E-state index contributed by atoms with van der Waals surface area (Å²) in [6, 6.07) is -0.587. The lowest BCUT2D eigenvalue weighted by Crippen LogP contribution is -2.35. The number of aldehydes is 1. The smallest absolute Gasteiger partial charge is 0.410 e. The van der Waals surface area contributed by atoms with Crippen LogP contribution >= 0.6 is 0 Å². The normalized spacial score (nSPS) is 22.9. The van der Waals surface area contributed by atoms with Crippen LogP contribution in [0, 0.1) is 0 Å². The second-order valence-corrected chi connectivity index (χ2v) is 5.84. The Morgan fingerprint density at radius 1 is 1.50 bits per heavy atom. The second kappa shape index (κ2) is 5.22. The number of carbonyl (C=O) groups is 2. The molecule has 2 rings (SSSR count). The number of rotatable bonds is 2. The van der Waals surface area contributed by atoms with Gasteiger partial charge in [0.05, 0.1) is 18.3 Å². The van der Waals surface area contributed by atoms with Gasteiger partial charge in [-0.05, 0) is 20.8 Å². The molecule has 1 fully saturated rings. The summed E-state index contributed by atoms with van der Waals surface area (Å²) < 4.78 is 20.6. The molecule has 0 spiro atoms. The lowest BCUT2D eigenvalue weighted by molar-refractivity contribution is 0.0281. The molecular formula is C13H18FN3O3. The van der Waals surface area contributed by atoms with Gasteiger partial charge in [-0.3, -0.25) is 9.48 Å². The fourth-order valence-corrected chi connectivity index (χ4v) is 2.07. The number of aromatic nitrogens is 2. The molecule has 0 aliphatic carbocycles. The van der Waals surface area contributed by atoms with E-state index in [1.54, 1.807) is 20.8 Å². The average Bonchev–Trinajstić information content (AvgIpc) is 2.92. The highest BCUT2D eigenvalue weighted by Gasteiger charge is 2.38. The minimum Gasteiger partial charge on any atom is -0.444 e. The number of alkyl halides is 1. The summed E-state index contributed by atoms with van der Waals surface area (Å²) in [5, 5.41) is 3.95. The van der Waals surface area contributed by atoms with Crippen molar-refractivity contribution in [2.24, 2.45) is 0 Å². The van der Waals surface area contributed by atoms with Crippen molar-refractivity contribution in [1.82, 2.24) is 14.7 Å². The van der Waals surface area contributed by atoms with Crippen LogP contribution in [0.25, 0.3) is 0 Å². The Balaban J connectivity index is 2.05. The molecular weight excluding hydrogens is 265 g/mol. The summed E-state index contributed by atoms with van der Waals surface area (Å²) in [5.74, 6) is 0. The van der Waals surface area contributed by atoms with E-state index >= 15 is 0 Å². The van der Waals surface area contributed by atoms with E-state index in [9.17, 15) is 14.0 Å². The third-order valence-electron chi connectivity index (χ3n) is 2.97. The minimum absolute atomic E-state index is 0.0319. The SMILES string of the molecule is CC(C)(C)OC(=O)N1CC(F)C(n2cc(C=O)cn2)C1. The topological polar surface area (TPSA) is 64.4 Å². The maximum Gasteiger partial charge on any atom is 0.410 e. The van der Waals surface area contributed by atoms with Gasteiger partial charge in [0.25, 0.3) is 0 Å². The fraction of sp³-hybridized carbons (Fsp3) is 0.615. The number of hydrogen-bond donors (Lipinski definition) is 0. The third kappa shape index (κ3) is 3.15. The zero-order chi connectivity index (χ0) is 14.9. The van der Waals surface area contributed by atoms with Crippen molar-refractivity contribution >= 4 is 12.4 Å². The van der Waals surface area contributed by atoms with E-state index in [-0.39, 0.29) is 13.1 Å². The summed E-state index contributed by atoms with van der Waals surface area (Å²) in [7, 11) is 0. The Labute approximate surface area is 116 Å². The van der Waals surface area contributed by atoms with Gasteiger partial charge in [-0.15, -0.1) is 0 Å². The molecule has 1 saturated heterocycles. The van der Waals surface area contributed by atoms with Crippen LogP contribution in [0.15, 0.2) is 12.4 Å². The zero-order valence-electron chi connectivity index (χ0n) is 11.7. The van der Waals surface area contributed by atoms with Crippen molar-refractivity contribution in [3.05, 3.63) is 18.0 Å². The van der Waals surface area contributed by atoms with Crippen LogP contribution < -0.4 is 0 Å². The lowest BCUT2D eigenvalue weighted by Gasteiger charge is -2.24. The van der Waals surface area contributed by atoms with Crippen LogP contribution in [0.2, 0.25) is 0 Å². The van der Waals surface area contributed by atoms with Gasteiger partial charge in [-0.1, -0.05) is 0 Å². The molecule has 0 aromatic carbocycles. The van der Waals surface area contributed by atoms with Crippen molar-refractivity contribution in [3.8, 4) is 0 Å². The van der Waals surface area contributed by atoms with E-state index in [1.165, 1.54) is 22.0 Å². The van der Waals surface area contributed by atoms with Gasteiger partial charge in [0.15, 0.2) is 6.29 Å². The molecule has 2 atom stereocenters.